The lowest BCUT2D eigenvalue weighted by Gasteiger charge is -2.37. The maximum absolute atomic E-state index is 12.8. The first-order valence-corrected chi connectivity index (χ1v) is 8.48. The van der Waals surface area contributed by atoms with Gasteiger partial charge >= 0.3 is 0 Å². The molecular formula is C18H24N2O4. The Morgan fingerprint density at radius 3 is 2.33 bits per heavy atom. The molecule has 2 amide bonds. The maximum Gasteiger partial charge on any atom is 0.251 e. The van der Waals surface area contributed by atoms with Crippen molar-refractivity contribution < 1.29 is 19.1 Å². The number of rotatable bonds is 4. The topological polar surface area (TPSA) is 59.1 Å². The molecule has 3 rings (SSSR count). The number of amides is 2. The van der Waals surface area contributed by atoms with Crippen LogP contribution in [0.1, 0.15) is 27.2 Å². The quantitative estimate of drug-likeness (QED) is 0.787. The minimum atomic E-state index is -0.391. The summed E-state index contributed by atoms with van der Waals surface area (Å²) in [5, 5.41) is 0. The number of imide groups is 1. The summed E-state index contributed by atoms with van der Waals surface area (Å²) in [5.74, 6) is 0.430. The van der Waals surface area contributed by atoms with Crippen LogP contribution in [0.15, 0.2) is 24.3 Å². The zero-order valence-electron chi connectivity index (χ0n) is 14.4. The molecular weight excluding hydrogens is 308 g/mol. The van der Waals surface area contributed by atoms with Crippen LogP contribution in [0.5, 0.6) is 5.75 Å². The monoisotopic (exact) mass is 332 g/mol. The van der Waals surface area contributed by atoms with Gasteiger partial charge in [-0.25, -0.2) is 4.90 Å². The Morgan fingerprint density at radius 1 is 1.12 bits per heavy atom. The van der Waals surface area contributed by atoms with Gasteiger partial charge in [0.25, 0.3) is 5.91 Å². The molecule has 0 aliphatic carbocycles. The van der Waals surface area contributed by atoms with Gasteiger partial charge in [-0.2, -0.15) is 0 Å². The minimum Gasteiger partial charge on any atom is -0.494 e. The molecule has 2 heterocycles. The zero-order chi connectivity index (χ0) is 17.3. The van der Waals surface area contributed by atoms with E-state index in [1.54, 1.807) is 24.3 Å². The largest absolute Gasteiger partial charge is 0.494 e. The van der Waals surface area contributed by atoms with Crippen LogP contribution in [0.4, 0.5) is 5.69 Å². The molecule has 2 saturated heterocycles. The highest BCUT2D eigenvalue weighted by Crippen LogP contribution is 2.28. The van der Waals surface area contributed by atoms with Crippen LogP contribution in [0.25, 0.3) is 0 Å². The number of anilines is 1. The van der Waals surface area contributed by atoms with E-state index in [2.05, 4.69) is 4.90 Å². The predicted octanol–water partition coefficient (Wildman–Crippen LogP) is 1.83. The Hall–Kier alpha value is -1.92. The third kappa shape index (κ3) is 3.30. The summed E-state index contributed by atoms with van der Waals surface area (Å²) < 4.78 is 11.1. The van der Waals surface area contributed by atoms with Crippen LogP contribution in [-0.4, -0.2) is 54.7 Å². The van der Waals surface area contributed by atoms with Crippen molar-refractivity contribution in [2.75, 3.05) is 24.6 Å². The number of nitrogens with zero attached hydrogens (tertiary/aromatic N) is 2. The summed E-state index contributed by atoms with van der Waals surface area (Å²) in [6.45, 7) is 7.82. The molecule has 24 heavy (non-hydrogen) atoms. The van der Waals surface area contributed by atoms with Crippen molar-refractivity contribution in [3.8, 4) is 5.75 Å². The van der Waals surface area contributed by atoms with E-state index in [1.807, 2.05) is 20.8 Å². The molecule has 0 saturated carbocycles. The van der Waals surface area contributed by atoms with Crippen molar-refractivity contribution in [2.24, 2.45) is 0 Å². The molecule has 6 heteroatoms. The van der Waals surface area contributed by atoms with Gasteiger partial charge in [0.05, 0.1) is 37.0 Å². The third-order valence-electron chi connectivity index (χ3n) is 4.42. The van der Waals surface area contributed by atoms with Gasteiger partial charge in [0.15, 0.2) is 0 Å². The zero-order valence-corrected chi connectivity index (χ0v) is 14.4. The highest BCUT2D eigenvalue weighted by Gasteiger charge is 2.44. The van der Waals surface area contributed by atoms with E-state index >= 15 is 0 Å². The smallest absolute Gasteiger partial charge is 0.251 e. The Labute approximate surface area is 142 Å². The fourth-order valence-corrected chi connectivity index (χ4v) is 3.50. The number of hydrogen-bond acceptors (Lipinski definition) is 5. The molecule has 1 aromatic rings. The van der Waals surface area contributed by atoms with Crippen molar-refractivity contribution in [3.05, 3.63) is 24.3 Å². The highest BCUT2D eigenvalue weighted by atomic mass is 16.5. The second kappa shape index (κ2) is 6.91. The number of carbonyl (C=O) groups is 2. The molecule has 2 aliphatic heterocycles. The van der Waals surface area contributed by atoms with Crippen LogP contribution in [0.3, 0.4) is 0 Å². The van der Waals surface area contributed by atoms with Crippen LogP contribution in [-0.2, 0) is 14.3 Å². The lowest BCUT2D eigenvalue weighted by Crippen LogP contribution is -2.52. The highest BCUT2D eigenvalue weighted by molar-refractivity contribution is 6.22. The van der Waals surface area contributed by atoms with Gasteiger partial charge in [-0.15, -0.1) is 0 Å². The van der Waals surface area contributed by atoms with Gasteiger partial charge in [-0.3, -0.25) is 14.5 Å². The van der Waals surface area contributed by atoms with Gasteiger partial charge < -0.3 is 9.47 Å². The molecule has 2 aliphatic rings. The average molecular weight is 332 g/mol. The molecule has 2 fully saturated rings. The summed E-state index contributed by atoms with van der Waals surface area (Å²) in [7, 11) is 0. The molecule has 0 aromatic heterocycles. The molecule has 0 spiro atoms. The normalized spacial score (nSPS) is 28.5. The number of morpholine rings is 1. The lowest BCUT2D eigenvalue weighted by atomic mass is 10.1. The molecule has 0 N–H and O–H groups in total. The standard InChI is InChI=1S/C18H24N2O4/c1-4-23-15-7-5-14(6-8-15)20-17(21)9-16(18(20)22)19-10-12(2)24-13(3)11-19/h5-8,12-13,16H,4,9-11H2,1-3H3/t12-,13-,16+/m0/s1. The maximum atomic E-state index is 12.8. The number of carbonyl (C=O) groups excluding carboxylic acids is 2. The van der Waals surface area contributed by atoms with Crippen molar-refractivity contribution in [3.63, 3.8) is 0 Å². The van der Waals surface area contributed by atoms with E-state index in [0.717, 1.165) is 5.75 Å². The van der Waals surface area contributed by atoms with Crippen molar-refractivity contribution in [1.29, 1.82) is 0 Å². The summed E-state index contributed by atoms with van der Waals surface area (Å²) in [4.78, 5) is 28.6. The Morgan fingerprint density at radius 2 is 1.75 bits per heavy atom. The second-order valence-electron chi connectivity index (χ2n) is 6.43. The first kappa shape index (κ1) is 16.9. The van der Waals surface area contributed by atoms with Crippen LogP contribution < -0.4 is 9.64 Å². The molecule has 130 valence electrons. The third-order valence-corrected chi connectivity index (χ3v) is 4.42. The fraction of sp³-hybridized carbons (Fsp3) is 0.556. The van der Waals surface area contributed by atoms with Crippen LogP contribution in [0, 0.1) is 0 Å². The fourth-order valence-electron chi connectivity index (χ4n) is 3.50. The molecule has 1 aromatic carbocycles. The molecule has 6 nitrogen and oxygen atoms in total. The van der Waals surface area contributed by atoms with Crippen molar-refractivity contribution >= 4 is 17.5 Å². The van der Waals surface area contributed by atoms with E-state index in [-0.39, 0.29) is 30.4 Å². The molecule has 0 unspecified atom stereocenters. The number of ether oxygens (including phenoxy) is 2. The summed E-state index contributed by atoms with van der Waals surface area (Å²) in [6, 6.07) is 6.69. The molecule has 0 bridgehead atoms. The number of benzene rings is 1. The average Bonchev–Trinajstić information content (AvgIpc) is 2.83. The van der Waals surface area contributed by atoms with Gasteiger partial charge in [0.1, 0.15) is 5.75 Å². The Balaban J connectivity index is 1.76. The number of hydrogen-bond donors (Lipinski definition) is 0. The lowest BCUT2D eigenvalue weighted by molar-refractivity contribution is -0.127. The summed E-state index contributed by atoms with van der Waals surface area (Å²) in [5.41, 5.74) is 0.602. The SMILES string of the molecule is CCOc1ccc(N2C(=O)C[C@@H](N3C[C@H](C)O[C@@H](C)C3)C2=O)cc1. The van der Waals surface area contributed by atoms with Crippen LogP contribution in [0.2, 0.25) is 0 Å². The first-order chi connectivity index (χ1) is 11.5. The van der Waals surface area contributed by atoms with Crippen molar-refractivity contribution in [2.45, 2.75) is 45.4 Å². The van der Waals surface area contributed by atoms with E-state index in [1.165, 1.54) is 4.90 Å². The van der Waals surface area contributed by atoms with Crippen molar-refractivity contribution in [1.82, 2.24) is 4.90 Å². The van der Waals surface area contributed by atoms with Crippen LogP contribution >= 0.6 is 0 Å². The predicted molar refractivity (Wildman–Crippen MR) is 90.1 cm³/mol. The van der Waals surface area contributed by atoms with E-state index in [0.29, 0.717) is 25.4 Å². The van der Waals surface area contributed by atoms with Gasteiger partial charge in [-0.05, 0) is 45.0 Å². The summed E-state index contributed by atoms with van der Waals surface area (Å²) in [6.07, 6.45) is 0.359. The summed E-state index contributed by atoms with van der Waals surface area (Å²) >= 11 is 0. The van der Waals surface area contributed by atoms with Gasteiger partial charge in [0.2, 0.25) is 5.91 Å². The van der Waals surface area contributed by atoms with Gasteiger partial charge in [0, 0.05) is 13.1 Å². The van der Waals surface area contributed by atoms with E-state index < -0.39 is 6.04 Å². The minimum absolute atomic E-state index is 0.0659. The first-order valence-electron chi connectivity index (χ1n) is 8.48. The molecule has 3 atom stereocenters. The Kier molecular flexibility index (Phi) is 4.87. The Bertz CT molecular complexity index is 606. The molecule has 0 radical (unpaired) electrons. The van der Waals surface area contributed by atoms with E-state index in [4.69, 9.17) is 9.47 Å². The van der Waals surface area contributed by atoms with E-state index in [9.17, 15) is 9.59 Å². The van der Waals surface area contributed by atoms with Gasteiger partial charge in [-0.1, -0.05) is 0 Å². The second-order valence-corrected chi connectivity index (χ2v) is 6.43.